The zero-order valence-corrected chi connectivity index (χ0v) is 11.5. The van der Waals surface area contributed by atoms with Crippen LogP contribution in [-0.2, 0) is 6.42 Å². The van der Waals surface area contributed by atoms with E-state index in [4.69, 9.17) is 0 Å². The monoisotopic (exact) mass is 268 g/mol. The van der Waals surface area contributed by atoms with Gasteiger partial charge in [-0.2, -0.15) is 0 Å². The molecule has 0 spiro atoms. The summed E-state index contributed by atoms with van der Waals surface area (Å²) in [6, 6.07) is 8.87. The maximum atomic E-state index is 3.63. The number of aryl methyl sites for hydroxylation is 1. The molecule has 0 saturated heterocycles. The molecule has 0 aromatic heterocycles. The summed E-state index contributed by atoms with van der Waals surface area (Å²) in [5.74, 6) is 1.56. The maximum absolute atomic E-state index is 3.63. The van der Waals surface area contributed by atoms with Crippen molar-refractivity contribution in [1.82, 2.24) is 0 Å². The zero-order valence-electron chi connectivity index (χ0n) is 9.96. The van der Waals surface area contributed by atoms with Crippen molar-refractivity contribution in [3.05, 3.63) is 35.4 Å². The Kier molecular flexibility index (Phi) is 5.38. The van der Waals surface area contributed by atoms with Gasteiger partial charge in [-0.05, 0) is 30.7 Å². The molecule has 0 radical (unpaired) electrons. The summed E-state index contributed by atoms with van der Waals surface area (Å²) in [4.78, 5) is 0. The average Bonchev–Trinajstić information content (AvgIpc) is 2.25. The van der Waals surface area contributed by atoms with Crippen LogP contribution in [0.15, 0.2) is 24.3 Å². The lowest BCUT2D eigenvalue weighted by Gasteiger charge is -2.20. The maximum Gasteiger partial charge on any atom is 0.00653 e. The number of hydrogen-bond donors (Lipinski definition) is 0. The van der Waals surface area contributed by atoms with E-state index < -0.39 is 0 Å². The first-order valence-corrected chi connectivity index (χ1v) is 6.91. The van der Waals surface area contributed by atoms with Crippen molar-refractivity contribution in [3.8, 4) is 0 Å². The van der Waals surface area contributed by atoms with Crippen molar-refractivity contribution in [1.29, 1.82) is 0 Å². The SMILES string of the molecule is CCC(C)C(CBr)Cc1cccc(C)c1. The van der Waals surface area contributed by atoms with Crippen LogP contribution in [0.1, 0.15) is 31.4 Å². The Morgan fingerprint density at radius 2 is 2.07 bits per heavy atom. The Morgan fingerprint density at radius 1 is 1.33 bits per heavy atom. The minimum absolute atomic E-state index is 0.761. The molecule has 2 atom stereocenters. The van der Waals surface area contributed by atoms with Crippen molar-refractivity contribution in [2.75, 3.05) is 5.33 Å². The Hall–Kier alpha value is -0.300. The van der Waals surface area contributed by atoms with Crippen molar-refractivity contribution < 1.29 is 0 Å². The molecule has 15 heavy (non-hydrogen) atoms. The van der Waals surface area contributed by atoms with E-state index in [2.05, 4.69) is 61.0 Å². The van der Waals surface area contributed by atoms with Gasteiger partial charge >= 0.3 is 0 Å². The van der Waals surface area contributed by atoms with E-state index in [1.807, 2.05) is 0 Å². The van der Waals surface area contributed by atoms with Crippen LogP contribution in [0.5, 0.6) is 0 Å². The second-order valence-electron chi connectivity index (χ2n) is 4.49. The molecule has 0 saturated carbocycles. The van der Waals surface area contributed by atoms with Crippen molar-refractivity contribution in [2.45, 2.75) is 33.6 Å². The molecule has 0 aliphatic heterocycles. The van der Waals surface area contributed by atoms with Gasteiger partial charge in [-0.25, -0.2) is 0 Å². The van der Waals surface area contributed by atoms with Crippen molar-refractivity contribution in [2.24, 2.45) is 11.8 Å². The summed E-state index contributed by atoms with van der Waals surface area (Å²) < 4.78 is 0. The molecule has 0 aliphatic rings. The summed E-state index contributed by atoms with van der Waals surface area (Å²) in [5, 5.41) is 1.11. The van der Waals surface area contributed by atoms with Crippen LogP contribution >= 0.6 is 15.9 Å². The van der Waals surface area contributed by atoms with Crippen LogP contribution in [0.4, 0.5) is 0 Å². The molecular weight excluding hydrogens is 248 g/mol. The minimum Gasteiger partial charge on any atom is -0.0925 e. The van der Waals surface area contributed by atoms with Gasteiger partial charge in [-0.1, -0.05) is 66.0 Å². The van der Waals surface area contributed by atoms with E-state index in [0.717, 1.165) is 17.2 Å². The van der Waals surface area contributed by atoms with Crippen LogP contribution in [0.2, 0.25) is 0 Å². The summed E-state index contributed by atoms with van der Waals surface area (Å²) in [6.07, 6.45) is 2.46. The van der Waals surface area contributed by atoms with Crippen LogP contribution in [-0.4, -0.2) is 5.33 Å². The van der Waals surface area contributed by atoms with Gasteiger partial charge < -0.3 is 0 Å². The summed E-state index contributed by atoms with van der Waals surface area (Å²) in [6.45, 7) is 6.79. The normalized spacial score (nSPS) is 14.9. The summed E-state index contributed by atoms with van der Waals surface area (Å²) >= 11 is 3.63. The third kappa shape index (κ3) is 3.98. The Bertz CT molecular complexity index is 293. The highest BCUT2D eigenvalue weighted by Gasteiger charge is 2.14. The van der Waals surface area contributed by atoms with E-state index in [9.17, 15) is 0 Å². The van der Waals surface area contributed by atoms with Crippen molar-refractivity contribution in [3.63, 3.8) is 0 Å². The predicted octanol–water partition coefficient (Wildman–Crippen LogP) is 4.59. The molecule has 84 valence electrons. The molecular formula is C14H21Br. The number of halogens is 1. The van der Waals surface area contributed by atoms with Crippen LogP contribution < -0.4 is 0 Å². The fraction of sp³-hybridized carbons (Fsp3) is 0.571. The smallest absolute Gasteiger partial charge is 0.00653 e. The molecule has 2 unspecified atom stereocenters. The van der Waals surface area contributed by atoms with Gasteiger partial charge in [0.1, 0.15) is 0 Å². The Labute approximate surface area is 102 Å². The molecule has 1 aromatic rings. The number of hydrogen-bond acceptors (Lipinski definition) is 0. The number of rotatable bonds is 5. The highest BCUT2D eigenvalue weighted by molar-refractivity contribution is 9.09. The minimum atomic E-state index is 0.761. The predicted molar refractivity (Wildman–Crippen MR) is 71.6 cm³/mol. The lowest BCUT2D eigenvalue weighted by atomic mass is 9.88. The van der Waals surface area contributed by atoms with E-state index >= 15 is 0 Å². The molecule has 1 heteroatoms. The molecule has 0 aliphatic carbocycles. The standard InChI is InChI=1S/C14H21Br/c1-4-12(3)14(10-15)9-13-7-5-6-11(2)8-13/h5-8,12,14H,4,9-10H2,1-3H3. The third-order valence-electron chi connectivity index (χ3n) is 3.23. The van der Waals surface area contributed by atoms with E-state index in [-0.39, 0.29) is 0 Å². The molecule has 0 nitrogen and oxygen atoms in total. The largest absolute Gasteiger partial charge is 0.0925 e. The molecule has 0 N–H and O–H groups in total. The lowest BCUT2D eigenvalue weighted by molar-refractivity contribution is 0.383. The first-order valence-electron chi connectivity index (χ1n) is 5.78. The van der Waals surface area contributed by atoms with Gasteiger partial charge in [0, 0.05) is 5.33 Å². The molecule has 1 rings (SSSR count). The molecule has 0 amide bonds. The van der Waals surface area contributed by atoms with Crippen LogP contribution in [0.25, 0.3) is 0 Å². The quantitative estimate of drug-likeness (QED) is 0.685. The molecule has 0 fully saturated rings. The highest BCUT2D eigenvalue weighted by Crippen LogP contribution is 2.22. The number of benzene rings is 1. The fourth-order valence-corrected chi connectivity index (χ4v) is 2.75. The number of alkyl halides is 1. The second kappa shape index (κ2) is 6.32. The molecule has 0 heterocycles. The molecule has 0 bridgehead atoms. The van der Waals surface area contributed by atoms with Gasteiger partial charge in [0.05, 0.1) is 0 Å². The van der Waals surface area contributed by atoms with Crippen molar-refractivity contribution >= 4 is 15.9 Å². The average molecular weight is 269 g/mol. The molecule has 1 aromatic carbocycles. The first-order chi connectivity index (χ1) is 7.17. The summed E-state index contributed by atoms with van der Waals surface area (Å²) in [5.41, 5.74) is 2.84. The first kappa shape index (κ1) is 12.8. The van der Waals surface area contributed by atoms with Crippen LogP contribution in [0, 0.1) is 18.8 Å². The van der Waals surface area contributed by atoms with Gasteiger partial charge in [-0.15, -0.1) is 0 Å². The third-order valence-corrected chi connectivity index (χ3v) is 4.06. The lowest BCUT2D eigenvalue weighted by Crippen LogP contribution is -2.15. The van der Waals surface area contributed by atoms with Gasteiger partial charge in [0.25, 0.3) is 0 Å². The zero-order chi connectivity index (χ0) is 11.3. The van der Waals surface area contributed by atoms with E-state index in [1.54, 1.807) is 0 Å². The fourth-order valence-electron chi connectivity index (χ4n) is 1.88. The van der Waals surface area contributed by atoms with Gasteiger partial charge in [0.15, 0.2) is 0 Å². The van der Waals surface area contributed by atoms with E-state index in [0.29, 0.717) is 0 Å². The van der Waals surface area contributed by atoms with E-state index in [1.165, 1.54) is 24.0 Å². The topological polar surface area (TPSA) is 0 Å². The Morgan fingerprint density at radius 3 is 2.60 bits per heavy atom. The highest BCUT2D eigenvalue weighted by atomic mass is 79.9. The van der Waals surface area contributed by atoms with Crippen LogP contribution in [0.3, 0.4) is 0 Å². The summed E-state index contributed by atoms with van der Waals surface area (Å²) in [7, 11) is 0. The second-order valence-corrected chi connectivity index (χ2v) is 5.14. The Balaban J connectivity index is 2.66. The van der Waals surface area contributed by atoms with Gasteiger partial charge in [-0.3, -0.25) is 0 Å². The van der Waals surface area contributed by atoms with Gasteiger partial charge in [0.2, 0.25) is 0 Å².